The second-order valence-corrected chi connectivity index (χ2v) is 7.65. The molecule has 2 aromatic heterocycles. The molecule has 3 amide bonds. The van der Waals surface area contributed by atoms with E-state index in [-0.39, 0.29) is 5.70 Å². The molecule has 3 heterocycles. The van der Waals surface area contributed by atoms with Crippen LogP contribution in [0.15, 0.2) is 36.2 Å². The van der Waals surface area contributed by atoms with E-state index in [1.165, 1.54) is 0 Å². The molecule has 1 saturated carbocycles. The van der Waals surface area contributed by atoms with Crippen molar-refractivity contribution < 1.29 is 14.3 Å². The maximum Gasteiger partial charge on any atom is 0.326 e. The van der Waals surface area contributed by atoms with Crippen molar-refractivity contribution in [2.45, 2.75) is 18.9 Å². The lowest BCUT2D eigenvalue weighted by Gasteiger charge is -2.14. The number of urea groups is 1. The Labute approximate surface area is 181 Å². The molecular formula is C20H18ClN7O3. The molecule has 2 aliphatic rings. The second kappa shape index (κ2) is 7.47. The Balaban J connectivity index is 1.59. The number of fused-ring (bicyclic) bond motifs is 1. The van der Waals surface area contributed by atoms with E-state index in [1.807, 2.05) is 6.07 Å². The highest BCUT2D eigenvalue weighted by Crippen LogP contribution is 2.32. The Morgan fingerprint density at radius 2 is 2.10 bits per heavy atom. The van der Waals surface area contributed by atoms with Gasteiger partial charge in [-0.2, -0.15) is 9.61 Å². The molecule has 2 fully saturated rings. The molecule has 1 aliphatic carbocycles. The summed E-state index contributed by atoms with van der Waals surface area (Å²) >= 11 is 6.15. The summed E-state index contributed by atoms with van der Waals surface area (Å²) < 4.78 is 7.07. The number of nitrogens with zero attached hydrogens (tertiary/aromatic N) is 3. The van der Waals surface area contributed by atoms with Crippen molar-refractivity contribution in [3.8, 4) is 5.75 Å². The monoisotopic (exact) mass is 439 g/mol. The highest BCUT2D eigenvalue weighted by Gasteiger charge is 2.25. The van der Waals surface area contributed by atoms with Gasteiger partial charge in [0.05, 0.1) is 19.0 Å². The third-order valence-electron chi connectivity index (χ3n) is 4.87. The van der Waals surface area contributed by atoms with Crippen LogP contribution in [0.2, 0.25) is 5.02 Å². The molecular weight excluding hydrogens is 422 g/mol. The van der Waals surface area contributed by atoms with Gasteiger partial charge in [0.2, 0.25) is 0 Å². The largest absolute Gasteiger partial charge is 0.495 e. The Morgan fingerprint density at radius 3 is 2.81 bits per heavy atom. The van der Waals surface area contributed by atoms with Crippen LogP contribution in [0.25, 0.3) is 11.7 Å². The number of hydrogen-bond donors (Lipinski definition) is 4. The van der Waals surface area contributed by atoms with Gasteiger partial charge in [0.15, 0.2) is 5.65 Å². The maximum atomic E-state index is 11.9. The number of ether oxygens (including phenoxy) is 1. The topological polar surface area (TPSA) is 122 Å². The number of nitrogens with one attached hydrogen (secondary N) is 4. The number of carbonyl (C=O) groups is 2. The van der Waals surface area contributed by atoms with Crippen LogP contribution >= 0.6 is 11.6 Å². The number of rotatable bonds is 6. The Bertz CT molecular complexity index is 1250. The zero-order chi connectivity index (χ0) is 21.5. The van der Waals surface area contributed by atoms with Gasteiger partial charge in [0.25, 0.3) is 5.91 Å². The lowest BCUT2D eigenvalue weighted by atomic mass is 10.2. The third-order valence-corrected chi connectivity index (χ3v) is 5.11. The first-order valence-electron chi connectivity index (χ1n) is 9.60. The Morgan fingerprint density at radius 1 is 1.26 bits per heavy atom. The summed E-state index contributed by atoms with van der Waals surface area (Å²) in [5, 5.41) is 16.3. The van der Waals surface area contributed by atoms with Gasteiger partial charge in [0, 0.05) is 22.7 Å². The molecule has 11 heteroatoms. The fourth-order valence-electron chi connectivity index (χ4n) is 3.24. The first-order valence-corrected chi connectivity index (χ1v) is 9.98. The average Bonchev–Trinajstić information content (AvgIpc) is 3.37. The summed E-state index contributed by atoms with van der Waals surface area (Å²) in [6.45, 7) is 0. The minimum absolute atomic E-state index is 0.133. The van der Waals surface area contributed by atoms with E-state index in [9.17, 15) is 9.59 Å². The normalized spacial score (nSPS) is 17.0. The quantitative estimate of drug-likeness (QED) is 0.344. The van der Waals surface area contributed by atoms with Crippen LogP contribution in [0.5, 0.6) is 5.75 Å². The predicted octanol–water partition coefficient (Wildman–Crippen LogP) is 2.89. The highest BCUT2D eigenvalue weighted by molar-refractivity contribution is 6.31. The standard InChI is InChI=1S/C20H18ClN7O3/c1-31-15-5-2-11(21)7-13(15)24-16-8-17(23-12-3-4-12)28-18(26-16)10(9-22-28)6-14-19(29)27-20(30)25-14/h2,5-9,12,23H,3-4H2,1H3,(H,24,26)(H2,25,27,29,30)/b14-6-. The first kappa shape index (κ1) is 19.2. The molecule has 31 heavy (non-hydrogen) atoms. The first-order chi connectivity index (χ1) is 15.0. The van der Waals surface area contributed by atoms with E-state index in [1.54, 1.807) is 42.1 Å². The summed E-state index contributed by atoms with van der Waals surface area (Å²) in [6, 6.07) is 6.92. The van der Waals surface area contributed by atoms with Gasteiger partial charge in [-0.25, -0.2) is 9.78 Å². The van der Waals surface area contributed by atoms with Gasteiger partial charge in [-0.1, -0.05) is 11.6 Å². The van der Waals surface area contributed by atoms with Crippen LogP contribution in [0, 0.1) is 0 Å². The average molecular weight is 440 g/mol. The summed E-state index contributed by atoms with van der Waals surface area (Å²) in [5.41, 5.74) is 1.88. The van der Waals surface area contributed by atoms with E-state index >= 15 is 0 Å². The second-order valence-electron chi connectivity index (χ2n) is 7.22. The molecule has 4 N–H and O–H groups in total. The molecule has 158 valence electrons. The van der Waals surface area contributed by atoms with E-state index in [0.29, 0.717) is 39.5 Å². The smallest absolute Gasteiger partial charge is 0.326 e. The predicted molar refractivity (Wildman–Crippen MR) is 116 cm³/mol. The molecule has 0 bridgehead atoms. The van der Waals surface area contributed by atoms with Crippen molar-refractivity contribution >= 4 is 52.6 Å². The number of halogens is 1. The summed E-state index contributed by atoms with van der Waals surface area (Å²) in [7, 11) is 1.58. The van der Waals surface area contributed by atoms with Crippen LogP contribution in [-0.4, -0.2) is 39.7 Å². The van der Waals surface area contributed by atoms with Gasteiger partial charge >= 0.3 is 6.03 Å². The number of aromatic nitrogens is 3. The Kier molecular flexibility index (Phi) is 4.63. The van der Waals surface area contributed by atoms with Crippen molar-refractivity contribution in [1.82, 2.24) is 25.2 Å². The van der Waals surface area contributed by atoms with Crippen molar-refractivity contribution in [3.05, 3.63) is 46.7 Å². The van der Waals surface area contributed by atoms with Crippen molar-refractivity contribution in [2.75, 3.05) is 17.7 Å². The number of hydrogen-bond acceptors (Lipinski definition) is 7. The van der Waals surface area contributed by atoms with Crippen LogP contribution in [-0.2, 0) is 4.79 Å². The van der Waals surface area contributed by atoms with Crippen LogP contribution in [0.1, 0.15) is 18.4 Å². The zero-order valence-electron chi connectivity index (χ0n) is 16.4. The van der Waals surface area contributed by atoms with Crippen LogP contribution in [0.4, 0.5) is 22.1 Å². The Hall–Kier alpha value is -3.79. The fourth-order valence-corrected chi connectivity index (χ4v) is 3.41. The van der Waals surface area contributed by atoms with Gasteiger partial charge in [0.1, 0.15) is 23.1 Å². The number of anilines is 3. The third kappa shape index (κ3) is 3.84. The molecule has 10 nitrogen and oxygen atoms in total. The highest BCUT2D eigenvalue weighted by atomic mass is 35.5. The maximum absolute atomic E-state index is 11.9. The number of carbonyl (C=O) groups excluding carboxylic acids is 2. The molecule has 0 atom stereocenters. The lowest BCUT2D eigenvalue weighted by molar-refractivity contribution is -0.115. The van der Waals surface area contributed by atoms with Crippen molar-refractivity contribution in [3.63, 3.8) is 0 Å². The van der Waals surface area contributed by atoms with Gasteiger partial charge in [-0.15, -0.1) is 0 Å². The van der Waals surface area contributed by atoms with Gasteiger partial charge < -0.3 is 20.7 Å². The summed E-state index contributed by atoms with van der Waals surface area (Å²) in [4.78, 5) is 28.0. The molecule has 0 unspecified atom stereocenters. The van der Waals surface area contributed by atoms with E-state index in [0.717, 1.165) is 18.7 Å². The fraction of sp³-hybridized carbons (Fsp3) is 0.200. The van der Waals surface area contributed by atoms with Crippen LogP contribution < -0.4 is 26.0 Å². The number of imide groups is 1. The van der Waals surface area contributed by atoms with Gasteiger partial charge in [-0.3, -0.25) is 10.1 Å². The number of amides is 3. The zero-order valence-corrected chi connectivity index (χ0v) is 17.2. The van der Waals surface area contributed by atoms with E-state index in [2.05, 4.69) is 31.3 Å². The molecule has 1 aliphatic heterocycles. The molecule has 0 spiro atoms. The van der Waals surface area contributed by atoms with Crippen molar-refractivity contribution in [1.29, 1.82) is 0 Å². The number of methoxy groups -OCH3 is 1. The summed E-state index contributed by atoms with van der Waals surface area (Å²) in [5.74, 6) is 1.40. The number of benzene rings is 1. The molecule has 1 saturated heterocycles. The molecule has 1 aromatic carbocycles. The molecule has 5 rings (SSSR count). The van der Waals surface area contributed by atoms with Crippen LogP contribution in [0.3, 0.4) is 0 Å². The molecule has 3 aromatic rings. The van der Waals surface area contributed by atoms with Gasteiger partial charge in [-0.05, 0) is 37.1 Å². The lowest BCUT2D eigenvalue weighted by Crippen LogP contribution is -2.22. The minimum Gasteiger partial charge on any atom is -0.495 e. The SMILES string of the molecule is COc1ccc(Cl)cc1Nc1cc(NC2CC2)n2ncc(/C=C3\NC(=O)NC3=O)c2n1. The minimum atomic E-state index is -0.563. The van der Waals surface area contributed by atoms with E-state index < -0.39 is 11.9 Å². The van der Waals surface area contributed by atoms with E-state index in [4.69, 9.17) is 16.3 Å². The molecule has 0 radical (unpaired) electrons. The summed E-state index contributed by atoms with van der Waals surface area (Å²) in [6.07, 6.45) is 5.30. The van der Waals surface area contributed by atoms with Crippen molar-refractivity contribution in [2.24, 2.45) is 0 Å².